The molecule has 4 nitrogen and oxygen atoms in total. The third-order valence-electron chi connectivity index (χ3n) is 3.13. The van der Waals surface area contributed by atoms with E-state index in [0.29, 0.717) is 5.11 Å². The van der Waals surface area contributed by atoms with Crippen LogP contribution in [0.2, 0.25) is 0 Å². The summed E-state index contributed by atoms with van der Waals surface area (Å²) >= 11 is 5.33. The first-order valence-corrected chi connectivity index (χ1v) is 8.16. The maximum absolute atomic E-state index is 11.3. The van der Waals surface area contributed by atoms with Crippen molar-refractivity contribution in [3.8, 4) is 0 Å². The van der Waals surface area contributed by atoms with E-state index in [2.05, 4.69) is 10.2 Å². The zero-order valence-corrected chi connectivity index (χ0v) is 11.4. The van der Waals surface area contributed by atoms with Crippen molar-refractivity contribution in [2.24, 2.45) is 0 Å². The zero-order chi connectivity index (χ0) is 12.3. The van der Waals surface area contributed by atoms with Gasteiger partial charge in [0.05, 0.1) is 11.8 Å². The molecule has 1 saturated heterocycles. The van der Waals surface area contributed by atoms with Gasteiger partial charge in [-0.3, -0.25) is 0 Å². The highest BCUT2D eigenvalue weighted by atomic mass is 32.2. The van der Waals surface area contributed by atoms with Gasteiger partial charge in [-0.2, -0.15) is 0 Å². The minimum Gasteiger partial charge on any atom is -0.355 e. The van der Waals surface area contributed by atoms with Gasteiger partial charge in [0, 0.05) is 18.5 Å². The van der Waals surface area contributed by atoms with Crippen molar-refractivity contribution in [1.29, 1.82) is 0 Å². The van der Waals surface area contributed by atoms with Crippen LogP contribution in [0.5, 0.6) is 0 Å². The van der Waals surface area contributed by atoms with Gasteiger partial charge in [-0.25, -0.2) is 8.42 Å². The number of nitrogens with zero attached hydrogens (tertiary/aromatic N) is 1. The van der Waals surface area contributed by atoms with Gasteiger partial charge in [0.25, 0.3) is 0 Å². The van der Waals surface area contributed by atoms with E-state index < -0.39 is 9.84 Å². The maximum atomic E-state index is 11.3. The van der Waals surface area contributed by atoms with Crippen molar-refractivity contribution in [2.45, 2.75) is 31.7 Å². The van der Waals surface area contributed by atoms with Crippen LogP contribution >= 0.6 is 12.2 Å². The molecule has 1 N–H and O–H groups in total. The van der Waals surface area contributed by atoms with Gasteiger partial charge in [0.15, 0.2) is 14.9 Å². The van der Waals surface area contributed by atoms with Crippen LogP contribution in [-0.4, -0.2) is 43.3 Å². The van der Waals surface area contributed by atoms with Gasteiger partial charge < -0.3 is 10.2 Å². The minimum absolute atomic E-state index is 0.126. The summed E-state index contributed by atoms with van der Waals surface area (Å²) in [5, 5.41) is 5.09. The largest absolute Gasteiger partial charge is 0.355 e. The Kier molecular flexibility index (Phi) is 4.04. The van der Waals surface area contributed by atoms with E-state index in [9.17, 15) is 8.42 Å². The number of sulfone groups is 1. The van der Waals surface area contributed by atoms with E-state index >= 15 is 0 Å². The summed E-state index contributed by atoms with van der Waals surface area (Å²) in [6.45, 7) is 1.96. The molecule has 1 unspecified atom stereocenters. The van der Waals surface area contributed by atoms with Crippen molar-refractivity contribution >= 4 is 27.2 Å². The Balaban J connectivity index is 1.87. The fourth-order valence-corrected chi connectivity index (χ4v) is 3.76. The van der Waals surface area contributed by atoms with Crippen molar-refractivity contribution in [2.75, 3.05) is 18.8 Å². The molecule has 0 aromatic carbocycles. The smallest absolute Gasteiger partial charge is 0.173 e. The van der Waals surface area contributed by atoms with Gasteiger partial charge in [0.2, 0.25) is 0 Å². The standard InChI is InChI=1S/C11H18N2O2S2/c14-17(15)8-5-10(9-17)12-11(16)13-6-3-1-2-4-7-13/h5,8,10H,1-4,6-7,9H2,(H,12,16). The molecule has 96 valence electrons. The minimum atomic E-state index is -3.00. The van der Waals surface area contributed by atoms with Crippen LogP contribution in [0.4, 0.5) is 0 Å². The molecule has 2 rings (SSSR count). The molecule has 0 aromatic rings. The second-order valence-electron chi connectivity index (χ2n) is 4.62. The number of hydrogen-bond acceptors (Lipinski definition) is 3. The van der Waals surface area contributed by atoms with Crippen LogP contribution < -0.4 is 5.32 Å². The molecular formula is C11H18N2O2S2. The van der Waals surface area contributed by atoms with Crippen molar-refractivity contribution in [1.82, 2.24) is 10.2 Å². The SMILES string of the molecule is O=S1(=O)C=CC(NC(=S)N2CCCCCC2)C1. The fourth-order valence-electron chi connectivity index (χ4n) is 2.19. The van der Waals surface area contributed by atoms with Crippen LogP contribution in [0.25, 0.3) is 0 Å². The van der Waals surface area contributed by atoms with E-state index in [1.807, 2.05) is 0 Å². The average Bonchev–Trinajstić information content (AvgIpc) is 2.52. The highest BCUT2D eigenvalue weighted by Gasteiger charge is 2.23. The van der Waals surface area contributed by atoms with Crippen LogP contribution in [0.3, 0.4) is 0 Å². The van der Waals surface area contributed by atoms with E-state index in [0.717, 1.165) is 13.1 Å². The summed E-state index contributed by atoms with van der Waals surface area (Å²) in [6.07, 6.45) is 6.54. The Morgan fingerprint density at radius 1 is 1.24 bits per heavy atom. The van der Waals surface area contributed by atoms with Gasteiger partial charge in [-0.15, -0.1) is 0 Å². The molecule has 0 bridgehead atoms. The van der Waals surface area contributed by atoms with Crippen LogP contribution in [-0.2, 0) is 9.84 Å². The van der Waals surface area contributed by atoms with Crippen LogP contribution in [0.15, 0.2) is 11.5 Å². The van der Waals surface area contributed by atoms with E-state index in [1.54, 1.807) is 6.08 Å². The second-order valence-corrected chi connectivity index (χ2v) is 6.93. The first-order chi connectivity index (χ1) is 8.07. The summed E-state index contributed by atoms with van der Waals surface area (Å²) in [6, 6.07) is -0.157. The maximum Gasteiger partial charge on any atom is 0.173 e. The summed E-state index contributed by atoms with van der Waals surface area (Å²) in [7, 11) is -3.00. The Hall–Kier alpha value is -0.620. The summed E-state index contributed by atoms with van der Waals surface area (Å²) in [5.74, 6) is 0.126. The molecular weight excluding hydrogens is 256 g/mol. The Labute approximate surface area is 108 Å². The molecule has 0 radical (unpaired) electrons. The monoisotopic (exact) mass is 274 g/mol. The van der Waals surface area contributed by atoms with Crippen molar-refractivity contribution in [3.63, 3.8) is 0 Å². The van der Waals surface area contributed by atoms with E-state index in [-0.39, 0.29) is 11.8 Å². The van der Waals surface area contributed by atoms with E-state index in [4.69, 9.17) is 12.2 Å². The molecule has 2 aliphatic heterocycles. The molecule has 0 aromatic heterocycles. The number of nitrogens with one attached hydrogen (secondary N) is 1. The van der Waals surface area contributed by atoms with Crippen molar-refractivity contribution in [3.05, 3.63) is 11.5 Å². The zero-order valence-electron chi connectivity index (χ0n) is 9.76. The van der Waals surface area contributed by atoms with Gasteiger partial charge in [0.1, 0.15) is 0 Å². The number of rotatable bonds is 1. The fraction of sp³-hybridized carbons (Fsp3) is 0.727. The number of thiocarbonyl (C=S) groups is 1. The summed E-state index contributed by atoms with van der Waals surface area (Å²) in [5.41, 5.74) is 0. The van der Waals surface area contributed by atoms with Gasteiger partial charge >= 0.3 is 0 Å². The third-order valence-corrected chi connectivity index (χ3v) is 4.90. The highest BCUT2D eigenvalue weighted by Crippen LogP contribution is 2.12. The lowest BCUT2D eigenvalue weighted by molar-refractivity contribution is 0.425. The van der Waals surface area contributed by atoms with E-state index in [1.165, 1.54) is 31.1 Å². The predicted octanol–water partition coefficient (Wildman–Crippen LogP) is 1.05. The number of likely N-dealkylation sites (tertiary alicyclic amines) is 1. The Morgan fingerprint density at radius 3 is 2.41 bits per heavy atom. The lowest BCUT2D eigenvalue weighted by Gasteiger charge is -2.25. The molecule has 2 aliphatic rings. The second kappa shape index (κ2) is 5.35. The molecule has 6 heteroatoms. The van der Waals surface area contributed by atoms with Crippen molar-refractivity contribution < 1.29 is 8.42 Å². The normalized spacial score (nSPS) is 27.8. The van der Waals surface area contributed by atoms with Crippen LogP contribution in [0.1, 0.15) is 25.7 Å². The molecule has 1 atom stereocenters. The Morgan fingerprint density at radius 2 is 1.88 bits per heavy atom. The molecule has 0 saturated carbocycles. The highest BCUT2D eigenvalue weighted by molar-refractivity contribution is 7.94. The summed E-state index contributed by atoms with van der Waals surface area (Å²) < 4.78 is 22.5. The molecule has 1 fully saturated rings. The molecule has 0 amide bonds. The van der Waals surface area contributed by atoms with Gasteiger partial charge in [-0.1, -0.05) is 12.8 Å². The first-order valence-electron chi connectivity index (χ1n) is 6.03. The quantitative estimate of drug-likeness (QED) is 0.724. The lowest BCUT2D eigenvalue weighted by Crippen LogP contribution is -2.45. The molecule has 2 heterocycles. The molecule has 0 spiro atoms. The average molecular weight is 274 g/mol. The molecule has 17 heavy (non-hydrogen) atoms. The first kappa shape index (κ1) is 12.8. The molecule has 0 aliphatic carbocycles. The summed E-state index contributed by atoms with van der Waals surface area (Å²) in [4.78, 5) is 2.15. The Bertz CT molecular complexity index is 409. The van der Waals surface area contributed by atoms with Gasteiger partial charge in [-0.05, 0) is 31.1 Å². The third kappa shape index (κ3) is 3.67. The van der Waals surface area contributed by atoms with Crippen LogP contribution in [0, 0.1) is 0 Å². The number of hydrogen-bond donors (Lipinski definition) is 1. The topological polar surface area (TPSA) is 49.4 Å². The lowest BCUT2D eigenvalue weighted by atomic mass is 10.2. The predicted molar refractivity (Wildman–Crippen MR) is 72.5 cm³/mol.